The zero-order valence-electron chi connectivity index (χ0n) is 13.7. The average Bonchev–Trinajstić information content (AvgIpc) is 2.46. The molecule has 0 radical (unpaired) electrons. The highest BCUT2D eigenvalue weighted by Gasteiger charge is 2.37. The number of nitrogens with zero attached hydrogens (tertiary/aromatic N) is 3. The van der Waals surface area contributed by atoms with Gasteiger partial charge in [-0.05, 0) is 32.4 Å². The van der Waals surface area contributed by atoms with Gasteiger partial charge < -0.3 is 9.84 Å². The van der Waals surface area contributed by atoms with E-state index >= 15 is 0 Å². The Morgan fingerprint density at radius 1 is 1.39 bits per heavy atom. The molecular weight excluding hydrogens is 298 g/mol. The summed E-state index contributed by atoms with van der Waals surface area (Å²) in [4.78, 5) is 31.1. The average molecular weight is 321 g/mol. The van der Waals surface area contributed by atoms with Crippen LogP contribution in [0.4, 0.5) is 4.79 Å². The zero-order chi connectivity index (χ0) is 17.0. The maximum atomic E-state index is 12.2. The number of ether oxygens (including phenoxy) is 1. The number of carbonyl (C=O) groups is 2. The zero-order valence-corrected chi connectivity index (χ0v) is 13.7. The monoisotopic (exact) mass is 321 g/mol. The maximum Gasteiger partial charge on any atom is 0.411 e. The number of carboxylic acid groups (broad SMARTS) is 1. The molecule has 7 heteroatoms. The van der Waals surface area contributed by atoms with Crippen molar-refractivity contribution in [2.24, 2.45) is 0 Å². The Bertz CT molecular complexity index is 556. The van der Waals surface area contributed by atoms with Crippen molar-refractivity contribution in [3.8, 4) is 0 Å². The minimum Gasteiger partial charge on any atom is -0.480 e. The summed E-state index contributed by atoms with van der Waals surface area (Å²) in [6.07, 6.45) is 2.88. The molecule has 0 spiro atoms. The van der Waals surface area contributed by atoms with Gasteiger partial charge in [-0.2, -0.15) is 0 Å². The first-order chi connectivity index (χ1) is 10.8. The van der Waals surface area contributed by atoms with Crippen molar-refractivity contribution in [1.82, 2.24) is 14.8 Å². The fraction of sp³-hybridized carbons (Fsp3) is 0.562. The van der Waals surface area contributed by atoms with Crippen molar-refractivity contribution < 1.29 is 19.4 Å². The van der Waals surface area contributed by atoms with E-state index < -0.39 is 23.7 Å². The Balaban J connectivity index is 2.03. The Kier molecular flexibility index (Phi) is 5.20. The van der Waals surface area contributed by atoms with Crippen LogP contribution in [0.15, 0.2) is 24.5 Å². The summed E-state index contributed by atoms with van der Waals surface area (Å²) >= 11 is 0. The van der Waals surface area contributed by atoms with Crippen LogP contribution in [0.25, 0.3) is 0 Å². The molecule has 1 amide bonds. The highest BCUT2D eigenvalue weighted by molar-refractivity contribution is 5.80. The van der Waals surface area contributed by atoms with E-state index in [0.29, 0.717) is 19.6 Å². The van der Waals surface area contributed by atoms with E-state index in [1.165, 1.54) is 4.90 Å². The van der Waals surface area contributed by atoms with Gasteiger partial charge in [-0.3, -0.25) is 14.8 Å². The second-order valence-electron chi connectivity index (χ2n) is 6.62. The lowest BCUT2D eigenvalue weighted by Crippen LogP contribution is -2.58. The van der Waals surface area contributed by atoms with E-state index in [0.717, 1.165) is 5.56 Å². The first-order valence-corrected chi connectivity index (χ1v) is 7.60. The molecule has 0 aliphatic carbocycles. The number of carbonyl (C=O) groups excluding carboxylic acids is 1. The molecule has 1 saturated heterocycles. The first kappa shape index (κ1) is 17.2. The summed E-state index contributed by atoms with van der Waals surface area (Å²) in [5.74, 6) is -1.02. The molecule has 1 N–H and O–H groups in total. The van der Waals surface area contributed by atoms with Crippen molar-refractivity contribution in [3.05, 3.63) is 30.1 Å². The molecule has 23 heavy (non-hydrogen) atoms. The second-order valence-corrected chi connectivity index (χ2v) is 6.62. The van der Waals surface area contributed by atoms with E-state index in [2.05, 4.69) is 4.98 Å². The van der Waals surface area contributed by atoms with Gasteiger partial charge in [0.05, 0.1) is 0 Å². The largest absolute Gasteiger partial charge is 0.480 e. The SMILES string of the molecule is CC(C)(C)OC(=O)N1CCN(Cc2cccnc2)CC1C(=O)O. The van der Waals surface area contributed by atoms with Gasteiger partial charge in [0.15, 0.2) is 0 Å². The molecule has 1 aliphatic heterocycles. The minimum absolute atomic E-state index is 0.267. The lowest BCUT2D eigenvalue weighted by Gasteiger charge is -2.39. The van der Waals surface area contributed by atoms with E-state index in [1.807, 2.05) is 17.0 Å². The number of carboxylic acids is 1. The standard InChI is InChI=1S/C16H23N3O4/c1-16(2,3)23-15(22)19-8-7-18(11-13(19)14(20)21)10-12-5-4-6-17-9-12/h4-6,9,13H,7-8,10-11H2,1-3H3,(H,20,21). The van der Waals surface area contributed by atoms with Crippen LogP contribution in [0.3, 0.4) is 0 Å². The molecule has 7 nitrogen and oxygen atoms in total. The number of hydrogen-bond acceptors (Lipinski definition) is 5. The molecule has 0 aromatic carbocycles. The lowest BCUT2D eigenvalue weighted by molar-refractivity contribution is -0.145. The highest BCUT2D eigenvalue weighted by Crippen LogP contribution is 2.17. The van der Waals surface area contributed by atoms with Crippen LogP contribution >= 0.6 is 0 Å². The quantitative estimate of drug-likeness (QED) is 0.910. The van der Waals surface area contributed by atoms with Crippen LogP contribution in [-0.4, -0.2) is 63.2 Å². The molecular formula is C16H23N3O4. The molecule has 2 heterocycles. The van der Waals surface area contributed by atoms with Crippen molar-refractivity contribution in [3.63, 3.8) is 0 Å². The fourth-order valence-electron chi connectivity index (χ4n) is 2.48. The third-order valence-corrected chi connectivity index (χ3v) is 3.51. The van der Waals surface area contributed by atoms with E-state index in [1.54, 1.807) is 33.2 Å². The molecule has 1 fully saturated rings. The molecule has 2 rings (SSSR count). The molecule has 1 aliphatic rings. The normalized spacial score (nSPS) is 19.4. The second kappa shape index (κ2) is 6.95. The van der Waals surface area contributed by atoms with Crippen LogP contribution < -0.4 is 0 Å². The summed E-state index contributed by atoms with van der Waals surface area (Å²) in [6.45, 7) is 7.09. The Labute approximate surface area is 135 Å². The molecule has 0 bridgehead atoms. The van der Waals surface area contributed by atoms with Gasteiger partial charge in [-0.25, -0.2) is 9.59 Å². The van der Waals surface area contributed by atoms with Gasteiger partial charge in [0.25, 0.3) is 0 Å². The molecule has 1 aromatic rings. The summed E-state index contributed by atoms with van der Waals surface area (Å²) in [7, 11) is 0. The number of pyridine rings is 1. The summed E-state index contributed by atoms with van der Waals surface area (Å²) in [5, 5.41) is 9.45. The van der Waals surface area contributed by atoms with E-state index in [9.17, 15) is 14.7 Å². The predicted octanol–water partition coefficient (Wildman–Crippen LogP) is 1.59. The summed E-state index contributed by atoms with van der Waals surface area (Å²) in [6, 6.07) is 2.89. The van der Waals surface area contributed by atoms with Crippen molar-refractivity contribution >= 4 is 12.1 Å². The third kappa shape index (κ3) is 4.92. The van der Waals surface area contributed by atoms with Crippen molar-refractivity contribution in [2.45, 2.75) is 39.0 Å². The Morgan fingerprint density at radius 2 is 2.13 bits per heavy atom. The number of piperazine rings is 1. The van der Waals surface area contributed by atoms with Gasteiger partial charge in [-0.15, -0.1) is 0 Å². The lowest BCUT2D eigenvalue weighted by atomic mass is 10.1. The molecule has 1 atom stereocenters. The fourth-order valence-corrected chi connectivity index (χ4v) is 2.48. The van der Waals surface area contributed by atoms with Gasteiger partial charge in [0.2, 0.25) is 0 Å². The molecule has 126 valence electrons. The maximum absolute atomic E-state index is 12.2. The number of rotatable bonds is 3. The van der Waals surface area contributed by atoms with Gasteiger partial charge in [0.1, 0.15) is 11.6 Å². The Hall–Kier alpha value is -2.15. The van der Waals surface area contributed by atoms with E-state index in [4.69, 9.17) is 4.74 Å². The Morgan fingerprint density at radius 3 is 2.70 bits per heavy atom. The van der Waals surface area contributed by atoms with Crippen molar-refractivity contribution in [2.75, 3.05) is 19.6 Å². The first-order valence-electron chi connectivity index (χ1n) is 7.60. The summed E-state index contributed by atoms with van der Waals surface area (Å²) < 4.78 is 5.31. The third-order valence-electron chi connectivity index (χ3n) is 3.51. The number of amides is 1. The number of hydrogen-bond donors (Lipinski definition) is 1. The van der Waals surface area contributed by atoms with Crippen LogP contribution in [0.1, 0.15) is 26.3 Å². The predicted molar refractivity (Wildman–Crippen MR) is 83.9 cm³/mol. The highest BCUT2D eigenvalue weighted by atomic mass is 16.6. The van der Waals surface area contributed by atoms with Gasteiger partial charge in [0, 0.05) is 38.6 Å². The van der Waals surface area contributed by atoms with Crippen LogP contribution in [0.5, 0.6) is 0 Å². The van der Waals surface area contributed by atoms with Crippen LogP contribution in [0, 0.1) is 0 Å². The van der Waals surface area contributed by atoms with Crippen molar-refractivity contribution in [1.29, 1.82) is 0 Å². The molecule has 1 aromatic heterocycles. The number of aromatic nitrogens is 1. The van der Waals surface area contributed by atoms with Crippen LogP contribution in [-0.2, 0) is 16.1 Å². The summed E-state index contributed by atoms with van der Waals surface area (Å²) in [5.41, 5.74) is 0.370. The van der Waals surface area contributed by atoms with Crippen LogP contribution in [0.2, 0.25) is 0 Å². The minimum atomic E-state index is -1.02. The number of aliphatic carboxylic acids is 1. The van der Waals surface area contributed by atoms with E-state index in [-0.39, 0.29) is 6.54 Å². The van der Waals surface area contributed by atoms with Gasteiger partial charge in [-0.1, -0.05) is 6.07 Å². The molecule has 0 saturated carbocycles. The smallest absolute Gasteiger partial charge is 0.411 e. The topological polar surface area (TPSA) is 83.0 Å². The van der Waals surface area contributed by atoms with Gasteiger partial charge >= 0.3 is 12.1 Å². The molecule has 1 unspecified atom stereocenters.